The molecule has 4 heterocycles. The monoisotopic (exact) mass is 374 g/mol. The maximum absolute atomic E-state index is 12.1. The highest BCUT2D eigenvalue weighted by atomic mass is 32.1. The summed E-state index contributed by atoms with van der Waals surface area (Å²) in [6, 6.07) is 11.5. The summed E-state index contributed by atoms with van der Waals surface area (Å²) in [7, 11) is 0. The van der Waals surface area contributed by atoms with Crippen LogP contribution >= 0.6 is 11.3 Å². The van der Waals surface area contributed by atoms with E-state index in [-0.39, 0.29) is 5.56 Å². The van der Waals surface area contributed by atoms with Crippen LogP contribution in [-0.4, -0.2) is 28.9 Å². The molecule has 4 aromatic heterocycles. The molecule has 0 fully saturated rings. The van der Waals surface area contributed by atoms with Crippen LogP contribution in [0.2, 0.25) is 0 Å². The molecule has 0 spiro atoms. The molecule has 0 bridgehead atoms. The van der Waals surface area contributed by atoms with Crippen molar-refractivity contribution in [3.63, 3.8) is 0 Å². The lowest BCUT2D eigenvalue weighted by Crippen LogP contribution is -2.14. The highest BCUT2D eigenvalue weighted by molar-refractivity contribution is 7.15. The minimum absolute atomic E-state index is 0.0761. The van der Waals surface area contributed by atoms with Crippen LogP contribution in [0.3, 0.4) is 0 Å². The predicted octanol–water partition coefficient (Wildman–Crippen LogP) is 2.85. The molecule has 0 aliphatic heterocycles. The van der Waals surface area contributed by atoms with E-state index >= 15 is 0 Å². The molecule has 0 radical (unpaired) electrons. The summed E-state index contributed by atoms with van der Waals surface area (Å²) in [5.41, 5.74) is 3.56. The lowest BCUT2D eigenvalue weighted by Gasteiger charge is -2.01. The average Bonchev–Trinajstić information content (AvgIpc) is 3.43. The number of para-hydroxylation sites is 1. The first kappa shape index (κ1) is 15.7. The standard InChI is InChI=1S/C19H14N6OS/c26-18-8-16(22-19-24(18)6-7-27-19)13-23-11-14(9-20-23)15-10-21-25(12-15)17-4-2-1-3-5-17/h1-12H,13H2. The van der Waals surface area contributed by atoms with Crippen molar-refractivity contribution in [2.24, 2.45) is 0 Å². The second-order valence-electron chi connectivity index (χ2n) is 6.08. The zero-order chi connectivity index (χ0) is 18.2. The van der Waals surface area contributed by atoms with Crippen molar-refractivity contribution in [3.05, 3.63) is 88.8 Å². The Morgan fingerprint density at radius 1 is 1.00 bits per heavy atom. The number of benzene rings is 1. The van der Waals surface area contributed by atoms with Gasteiger partial charge in [-0.05, 0) is 12.1 Å². The molecule has 8 heteroatoms. The smallest absolute Gasteiger partial charge is 0.258 e. The summed E-state index contributed by atoms with van der Waals surface area (Å²) in [6.07, 6.45) is 9.25. The van der Waals surface area contributed by atoms with Gasteiger partial charge in [0.25, 0.3) is 5.56 Å². The Kier molecular flexibility index (Phi) is 3.68. The number of rotatable bonds is 4. The van der Waals surface area contributed by atoms with Crippen LogP contribution < -0.4 is 5.56 Å². The Labute approximate surface area is 157 Å². The first-order valence-corrected chi connectivity index (χ1v) is 9.23. The number of hydrogen-bond acceptors (Lipinski definition) is 5. The van der Waals surface area contributed by atoms with E-state index in [0.29, 0.717) is 17.2 Å². The number of aromatic nitrogens is 6. The highest BCUT2D eigenvalue weighted by Crippen LogP contribution is 2.19. The van der Waals surface area contributed by atoms with Crippen LogP contribution in [0.1, 0.15) is 5.69 Å². The Balaban J connectivity index is 1.41. The predicted molar refractivity (Wildman–Crippen MR) is 103 cm³/mol. The number of hydrogen-bond donors (Lipinski definition) is 0. The molecule has 0 aliphatic carbocycles. The maximum atomic E-state index is 12.1. The zero-order valence-electron chi connectivity index (χ0n) is 14.1. The van der Waals surface area contributed by atoms with Gasteiger partial charge in [0.15, 0.2) is 4.96 Å². The van der Waals surface area contributed by atoms with Gasteiger partial charge in [-0.3, -0.25) is 13.9 Å². The van der Waals surface area contributed by atoms with Crippen LogP contribution in [0.15, 0.2) is 77.6 Å². The van der Waals surface area contributed by atoms with E-state index in [0.717, 1.165) is 16.8 Å². The molecule has 0 aliphatic rings. The lowest BCUT2D eigenvalue weighted by atomic mass is 10.2. The number of thiazole rings is 1. The van der Waals surface area contributed by atoms with E-state index in [1.165, 1.54) is 11.3 Å². The fraction of sp³-hybridized carbons (Fsp3) is 0.0526. The molecule has 0 saturated heterocycles. The van der Waals surface area contributed by atoms with E-state index < -0.39 is 0 Å². The molecular weight excluding hydrogens is 360 g/mol. The van der Waals surface area contributed by atoms with Crippen LogP contribution in [0, 0.1) is 0 Å². The van der Waals surface area contributed by atoms with Crippen molar-refractivity contribution in [2.75, 3.05) is 0 Å². The third-order valence-corrected chi connectivity index (χ3v) is 5.01. The summed E-state index contributed by atoms with van der Waals surface area (Å²) in [4.78, 5) is 17.3. The van der Waals surface area contributed by atoms with Crippen molar-refractivity contribution in [3.8, 4) is 16.8 Å². The van der Waals surface area contributed by atoms with Crippen molar-refractivity contribution in [1.82, 2.24) is 28.9 Å². The first-order chi connectivity index (χ1) is 13.3. The molecule has 27 heavy (non-hydrogen) atoms. The maximum Gasteiger partial charge on any atom is 0.258 e. The van der Waals surface area contributed by atoms with Crippen molar-refractivity contribution in [2.45, 2.75) is 6.54 Å². The average molecular weight is 374 g/mol. The molecule has 0 atom stereocenters. The fourth-order valence-electron chi connectivity index (χ4n) is 2.93. The number of fused-ring (bicyclic) bond motifs is 1. The van der Waals surface area contributed by atoms with Gasteiger partial charge in [-0.25, -0.2) is 9.67 Å². The Hall–Kier alpha value is -3.52. The molecule has 5 aromatic rings. The van der Waals surface area contributed by atoms with Gasteiger partial charge in [-0.15, -0.1) is 11.3 Å². The van der Waals surface area contributed by atoms with Crippen LogP contribution in [0.25, 0.3) is 21.8 Å². The Bertz CT molecular complexity index is 1280. The second-order valence-corrected chi connectivity index (χ2v) is 6.95. The van der Waals surface area contributed by atoms with E-state index in [9.17, 15) is 4.79 Å². The van der Waals surface area contributed by atoms with Gasteiger partial charge in [-0.2, -0.15) is 10.2 Å². The molecule has 0 unspecified atom stereocenters. The SMILES string of the molecule is O=c1cc(Cn2cc(-c3cnn(-c4ccccc4)c3)cn2)nc2sccn12. The van der Waals surface area contributed by atoms with Crippen molar-refractivity contribution >= 4 is 16.3 Å². The van der Waals surface area contributed by atoms with Crippen molar-refractivity contribution in [1.29, 1.82) is 0 Å². The van der Waals surface area contributed by atoms with E-state index in [1.54, 1.807) is 27.5 Å². The Morgan fingerprint density at radius 2 is 1.81 bits per heavy atom. The fourth-order valence-corrected chi connectivity index (χ4v) is 3.67. The molecule has 0 N–H and O–H groups in total. The molecule has 5 rings (SSSR count). The third-order valence-electron chi connectivity index (χ3n) is 4.25. The van der Waals surface area contributed by atoms with Gasteiger partial charge < -0.3 is 0 Å². The van der Waals surface area contributed by atoms with Crippen LogP contribution in [0.4, 0.5) is 0 Å². The van der Waals surface area contributed by atoms with Gasteiger partial charge >= 0.3 is 0 Å². The normalized spacial score (nSPS) is 11.3. The summed E-state index contributed by atoms with van der Waals surface area (Å²) >= 11 is 1.44. The van der Waals surface area contributed by atoms with Crippen molar-refractivity contribution < 1.29 is 0 Å². The molecule has 0 amide bonds. The number of nitrogens with zero attached hydrogens (tertiary/aromatic N) is 6. The molecular formula is C19H14N6OS. The first-order valence-electron chi connectivity index (χ1n) is 8.35. The van der Waals surface area contributed by atoms with Gasteiger partial charge in [-0.1, -0.05) is 18.2 Å². The third kappa shape index (κ3) is 2.96. The van der Waals surface area contributed by atoms with E-state index in [4.69, 9.17) is 0 Å². The van der Waals surface area contributed by atoms with Crippen LogP contribution in [0.5, 0.6) is 0 Å². The van der Waals surface area contributed by atoms with E-state index in [1.807, 2.05) is 59.0 Å². The minimum atomic E-state index is -0.0761. The zero-order valence-corrected chi connectivity index (χ0v) is 15.0. The van der Waals surface area contributed by atoms with Crippen LogP contribution in [-0.2, 0) is 6.54 Å². The summed E-state index contributed by atoms with van der Waals surface area (Å²) in [5, 5.41) is 10.7. The lowest BCUT2D eigenvalue weighted by molar-refractivity contribution is 0.672. The molecule has 7 nitrogen and oxygen atoms in total. The highest BCUT2D eigenvalue weighted by Gasteiger charge is 2.08. The van der Waals surface area contributed by atoms with Gasteiger partial charge in [0, 0.05) is 41.2 Å². The topological polar surface area (TPSA) is 70.0 Å². The molecule has 132 valence electrons. The molecule has 0 saturated carbocycles. The summed E-state index contributed by atoms with van der Waals surface area (Å²) in [5.74, 6) is 0. The second kappa shape index (κ2) is 6.33. The van der Waals surface area contributed by atoms with Gasteiger partial charge in [0.2, 0.25) is 0 Å². The summed E-state index contributed by atoms with van der Waals surface area (Å²) in [6.45, 7) is 0.441. The van der Waals surface area contributed by atoms with Gasteiger partial charge in [0.05, 0.1) is 30.3 Å². The largest absolute Gasteiger partial charge is 0.269 e. The summed E-state index contributed by atoms with van der Waals surface area (Å²) < 4.78 is 5.15. The Morgan fingerprint density at radius 3 is 2.70 bits per heavy atom. The minimum Gasteiger partial charge on any atom is -0.269 e. The van der Waals surface area contributed by atoms with E-state index in [2.05, 4.69) is 15.2 Å². The quantitative estimate of drug-likeness (QED) is 0.485. The molecule has 1 aromatic carbocycles. The van der Waals surface area contributed by atoms with Gasteiger partial charge in [0.1, 0.15) is 0 Å².